The third-order valence-corrected chi connectivity index (χ3v) is 4.61. The van der Waals surface area contributed by atoms with Gasteiger partial charge in [0.15, 0.2) is 0 Å². The normalized spacial score (nSPS) is 11.4. The third-order valence-electron chi connectivity index (χ3n) is 4.61. The maximum Gasteiger partial charge on any atom is 0.418 e. The minimum Gasteiger partial charge on any atom is -0.332 e. The van der Waals surface area contributed by atoms with Gasteiger partial charge in [0.2, 0.25) is 11.8 Å². The number of nitrogens with zero attached hydrogens (tertiary/aromatic N) is 3. The summed E-state index contributed by atoms with van der Waals surface area (Å²) in [6.07, 6.45) is -3.38. The lowest BCUT2D eigenvalue weighted by molar-refractivity contribution is -0.137. The molecule has 0 fully saturated rings. The van der Waals surface area contributed by atoms with Crippen molar-refractivity contribution in [2.75, 3.05) is 18.4 Å². The number of hydrogen-bond acceptors (Lipinski definition) is 4. The maximum absolute atomic E-state index is 13.1. The molecule has 0 radical (unpaired) electrons. The van der Waals surface area contributed by atoms with Gasteiger partial charge in [-0.3, -0.25) is 19.0 Å². The first-order chi connectivity index (χ1) is 14.7. The second-order valence-electron chi connectivity index (χ2n) is 6.69. The van der Waals surface area contributed by atoms with Gasteiger partial charge in [0.05, 0.1) is 35.0 Å². The number of halogens is 3. The molecule has 2 aromatic carbocycles. The van der Waals surface area contributed by atoms with Gasteiger partial charge < -0.3 is 10.2 Å². The van der Waals surface area contributed by atoms with Crippen LogP contribution in [0.4, 0.5) is 18.9 Å². The predicted octanol–water partition coefficient (Wildman–Crippen LogP) is 2.90. The van der Waals surface area contributed by atoms with Crippen molar-refractivity contribution in [3.63, 3.8) is 0 Å². The molecule has 1 aromatic heterocycles. The van der Waals surface area contributed by atoms with Crippen LogP contribution in [0.15, 0.2) is 59.7 Å². The molecule has 0 aliphatic carbocycles. The van der Waals surface area contributed by atoms with Gasteiger partial charge in [-0.15, -0.1) is 0 Å². The Balaban J connectivity index is 1.72. The third kappa shape index (κ3) is 5.08. The fourth-order valence-electron chi connectivity index (χ4n) is 3.04. The number of carbonyl (C=O) groups is 2. The minimum atomic E-state index is -4.63. The van der Waals surface area contributed by atoms with Crippen molar-refractivity contribution in [1.82, 2.24) is 14.5 Å². The van der Waals surface area contributed by atoms with E-state index in [0.29, 0.717) is 10.9 Å². The maximum atomic E-state index is 13.1. The van der Waals surface area contributed by atoms with Crippen molar-refractivity contribution in [3.8, 4) is 0 Å². The van der Waals surface area contributed by atoms with Crippen LogP contribution in [0, 0.1) is 0 Å². The summed E-state index contributed by atoms with van der Waals surface area (Å²) >= 11 is 0. The number of carbonyl (C=O) groups excluding carboxylic acids is 2. The number of aromatic nitrogens is 2. The van der Waals surface area contributed by atoms with Gasteiger partial charge in [-0.2, -0.15) is 13.2 Å². The fourth-order valence-corrected chi connectivity index (χ4v) is 3.04. The summed E-state index contributed by atoms with van der Waals surface area (Å²) in [4.78, 5) is 42.7. The lowest BCUT2D eigenvalue weighted by atomic mass is 10.1. The van der Waals surface area contributed by atoms with Gasteiger partial charge in [0.25, 0.3) is 5.56 Å². The summed E-state index contributed by atoms with van der Waals surface area (Å²) < 4.78 is 40.4. The Morgan fingerprint density at radius 3 is 2.48 bits per heavy atom. The first kappa shape index (κ1) is 22.0. The van der Waals surface area contributed by atoms with Crippen LogP contribution < -0.4 is 10.9 Å². The molecule has 0 unspecified atom stereocenters. The second kappa shape index (κ2) is 8.99. The van der Waals surface area contributed by atoms with E-state index in [0.717, 1.165) is 21.6 Å². The van der Waals surface area contributed by atoms with E-state index in [1.54, 1.807) is 31.2 Å². The number of benzene rings is 2. The van der Waals surface area contributed by atoms with Crippen LogP contribution >= 0.6 is 0 Å². The lowest BCUT2D eigenvalue weighted by Gasteiger charge is -2.21. The summed E-state index contributed by atoms with van der Waals surface area (Å²) in [6.45, 7) is 0.938. The van der Waals surface area contributed by atoms with E-state index in [4.69, 9.17) is 0 Å². The molecule has 0 aliphatic rings. The number of rotatable bonds is 6. The molecule has 162 valence electrons. The number of alkyl halides is 3. The highest BCUT2D eigenvalue weighted by molar-refractivity contribution is 5.95. The van der Waals surface area contributed by atoms with E-state index in [9.17, 15) is 27.6 Å². The summed E-state index contributed by atoms with van der Waals surface area (Å²) in [7, 11) is 0. The average molecular weight is 432 g/mol. The molecule has 0 atom stereocenters. The van der Waals surface area contributed by atoms with Crippen molar-refractivity contribution in [2.24, 2.45) is 0 Å². The Hall–Kier alpha value is -3.69. The molecular formula is C21H19F3N4O3. The van der Waals surface area contributed by atoms with Crippen molar-refractivity contribution in [1.29, 1.82) is 0 Å². The van der Waals surface area contributed by atoms with Crippen LogP contribution in [0.25, 0.3) is 10.9 Å². The Bertz CT molecular complexity index is 1170. The Kier molecular flexibility index (Phi) is 6.38. The predicted molar refractivity (Wildman–Crippen MR) is 108 cm³/mol. The first-order valence-electron chi connectivity index (χ1n) is 9.38. The summed E-state index contributed by atoms with van der Waals surface area (Å²) in [6, 6.07) is 11.3. The first-order valence-corrected chi connectivity index (χ1v) is 9.38. The van der Waals surface area contributed by atoms with Gasteiger partial charge in [0.1, 0.15) is 6.54 Å². The number of amides is 2. The van der Waals surface area contributed by atoms with Crippen LogP contribution in [0.2, 0.25) is 0 Å². The van der Waals surface area contributed by atoms with Gasteiger partial charge in [-0.1, -0.05) is 24.3 Å². The zero-order valence-electron chi connectivity index (χ0n) is 16.5. The molecule has 0 aliphatic heterocycles. The molecule has 2 amide bonds. The summed E-state index contributed by atoms with van der Waals surface area (Å²) in [5, 5.41) is 2.55. The van der Waals surface area contributed by atoms with Crippen LogP contribution in [-0.4, -0.2) is 39.4 Å². The number of anilines is 1. The van der Waals surface area contributed by atoms with E-state index in [-0.39, 0.29) is 13.1 Å². The minimum absolute atomic E-state index is 0.128. The highest BCUT2D eigenvalue weighted by Gasteiger charge is 2.33. The van der Waals surface area contributed by atoms with Crippen molar-refractivity contribution in [3.05, 3.63) is 70.8 Å². The molecule has 7 nitrogen and oxygen atoms in total. The van der Waals surface area contributed by atoms with Gasteiger partial charge in [-0.05, 0) is 31.2 Å². The van der Waals surface area contributed by atoms with Crippen LogP contribution in [0.1, 0.15) is 12.5 Å². The van der Waals surface area contributed by atoms with Gasteiger partial charge >= 0.3 is 6.18 Å². The van der Waals surface area contributed by atoms with E-state index in [1.807, 2.05) is 0 Å². The Labute approximate surface area is 175 Å². The summed E-state index contributed by atoms with van der Waals surface area (Å²) in [5.74, 6) is -1.32. The van der Waals surface area contributed by atoms with Gasteiger partial charge in [-0.25, -0.2) is 4.98 Å². The largest absolute Gasteiger partial charge is 0.418 e. The molecule has 0 saturated heterocycles. The molecule has 10 heteroatoms. The number of hydrogen-bond donors (Lipinski definition) is 1. The van der Waals surface area contributed by atoms with E-state index >= 15 is 0 Å². The van der Waals surface area contributed by atoms with Crippen molar-refractivity contribution in [2.45, 2.75) is 19.6 Å². The summed E-state index contributed by atoms with van der Waals surface area (Å²) in [5.41, 5.74) is -1.28. The monoisotopic (exact) mass is 432 g/mol. The lowest BCUT2D eigenvalue weighted by Crippen LogP contribution is -2.41. The molecule has 1 N–H and O–H groups in total. The van der Waals surface area contributed by atoms with Gasteiger partial charge in [0, 0.05) is 6.54 Å². The molecule has 0 bridgehead atoms. The van der Waals surface area contributed by atoms with Crippen molar-refractivity contribution >= 4 is 28.4 Å². The zero-order valence-corrected chi connectivity index (χ0v) is 16.5. The average Bonchev–Trinajstić information content (AvgIpc) is 2.73. The highest BCUT2D eigenvalue weighted by atomic mass is 19.4. The fraction of sp³-hybridized carbons (Fsp3) is 0.238. The van der Waals surface area contributed by atoms with E-state index in [1.165, 1.54) is 18.5 Å². The van der Waals surface area contributed by atoms with Crippen LogP contribution in [0.5, 0.6) is 0 Å². The quantitative estimate of drug-likeness (QED) is 0.649. The molecule has 0 saturated carbocycles. The highest BCUT2D eigenvalue weighted by Crippen LogP contribution is 2.34. The number of para-hydroxylation sites is 2. The van der Waals surface area contributed by atoms with E-state index < -0.39 is 41.3 Å². The second-order valence-corrected chi connectivity index (χ2v) is 6.69. The smallest absolute Gasteiger partial charge is 0.332 e. The molecular weight excluding hydrogens is 413 g/mol. The molecule has 1 heterocycles. The number of fused-ring (bicyclic) bond motifs is 1. The standard InChI is InChI=1S/C21H19F3N4O3/c1-2-27(11-18(29)26-17-10-6-4-8-15(17)21(22,23)24)19(30)12-28-13-25-16-9-5-3-7-14(16)20(28)31/h3-10,13H,2,11-12H2,1H3,(H,26,29). The zero-order chi connectivity index (χ0) is 22.6. The number of nitrogens with one attached hydrogen (secondary N) is 1. The topological polar surface area (TPSA) is 84.3 Å². The van der Waals surface area contributed by atoms with Crippen molar-refractivity contribution < 1.29 is 22.8 Å². The molecule has 3 aromatic rings. The van der Waals surface area contributed by atoms with E-state index in [2.05, 4.69) is 10.3 Å². The molecule has 3 rings (SSSR count). The van der Waals surface area contributed by atoms with Crippen LogP contribution in [-0.2, 0) is 22.3 Å². The number of likely N-dealkylation sites (N-methyl/N-ethyl adjacent to an activating group) is 1. The Morgan fingerprint density at radius 1 is 1.10 bits per heavy atom. The van der Waals surface area contributed by atoms with Crippen LogP contribution in [0.3, 0.4) is 0 Å². The SMILES string of the molecule is CCN(CC(=O)Nc1ccccc1C(F)(F)F)C(=O)Cn1cnc2ccccc2c1=O. The molecule has 31 heavy (non-hydrogen) atoms. The Morgan fingerprint density at radius 2 is 1.77 bits per heavy atom. The molecule has 0 spiro atoms.